The minimum atomic E-state index is -0.445. The lowest BCUT2D eigenvalue weighted by molar-refractivity contribution is 0.0154. The van der Waals surface area contributed by atoms with Gasteiger partial charge in [-0.1, -0.05) is 18.2 Å². The maximum absolute atomic E-state index is 12.4. The Morgan fingerprint density at radius 1 is 1.17 bits per heavy atom. The Kier molecular flexibility index (Phi) is 3.37. The molecule has 0 unspecified atom stereocenters. The van der Waals surface area contributed by atoms with Crippen molar-refractivity contribution in [2.24, 2.45) is 0 Å². The van der Waals surface area contributed by atoms with E-state index in [0.29, 0.717) is 35.9 Å². The first-order valence-corrected chi connectivity index (χ1v) is 7.65. The summed E-state index contributed by atoms with van der Waals surface area (Å²) < 4.78 is 16.2. The van der Waals surface area contributed by atoms with E-state index in [0.717, 1.165) is 5.39 Å². The molecule has 24 heavy (non-hydrogen) atoms. The van der Waals surface area contributed by atoms with E-state index in [9.17, 15) is 9.59 Å². The number of para-hydroxylation sites is 1. The second kappa shape index (κ2) is 5.56. The first-order chi connectivity index (χ1) is 11.6. The number of ether oxygens (including phenoxy) is 1. The molecule has 6 nitrogen and oxygen atoms in total. The van der Waals surface area contributed by atoms with E-state index in [-0.39, 0.29) is 12.0 Å². The molecular formula is C18H15NO5. The van der Waals surface area contributed by atoms with Gasteiger partial charge in [0.1, 0.15) is 23.2 Å². The number of carbonyl (C=O) groups excluding carboxylic acids is 1. The zero-order valence-electron chi connectivity index (χ0n) is 13.0. The first kappa shape index (κ1) is 14.6. The number of nitrogens with zero attached hydrogens (tertiary/aromatic N) is 1. The van der Waals surface area contributed by atoms with E-state index < -0.39 is 5.63 Å². The second-order valence-electron chi connectivity index (χ2n) is 5.82. The lowest BCUT2D eigenvalue weighted by atomic mass is 10.1. The maximum atomic E-state index is 12.4. The molecule has 1 aliphatic rings. The van der Waals surface area contributed by atoms with Crippen molar-refractivity contribution in [1.82, 2.24) is 4.90 Å². The van der Waals surface area contributed by atoms with Crippen LogP contribution < -0.4 is 10.4 Å². The Morgan fingerprint density at radius 2 is 1.96 bits per heavy atom. The number of rotatable bonds is 3. The molecule has 0 saturated carbocycles. The van der Waals surface area contributed by atoms with Gasteiger partial charge in [0.15, 0.2) is 5.76 Å². The molecule has 0 atom stereocenters. The van der Waals surface area contributed by atoms with Crippen LogP contribution in [0.3, 0.4) is 0 Å². The molecule has 0 N–H and O–H groups in total. The monoisotopic (exact) mass is 325 g/mol. The fourth-order valence-corrected chi connectivity index (χ4v) is 2.76. The van der Waals surface area contributed by atoms with Crippen LogP contribution in [-0.4, -0.2) is 30.0 Å². The number of likely N-dealkylation sites (tertiary alicyclic amines) is 1. The molecule has 4 rings (SSSR count). The average molecular weight is 325 g/mol. The number of aryl methyl sites for hydroxylation is 1. The Hall–Kier alpha value is -3.02. The van der Waals surface area contributed by atoms with Crippen molar-refractivity contribution in [3.8, 4) is 5.75 Å². The Bertz CT molecular complexity index is 932. The van der Waals surface area contributed by atoms with E-state index >= 15 is 0 Å². The van der Waals surface area contributed by atoms with Crippen LogP contribution in [0, 0.1) is 6.92 Å². The molecule has 1 saturated heterocycles. The SMILES string of the molecule is Cc1cc(OC2CN(C(=O)c3cc4ccccc4o3)C2)cc(=O)o1. The molecule has 1 amide bonds. The Labute approximate surface area is 137 Å². The number of hydrogen-bond donors (Lipinski definition) is 0. The van der Waals surface area contributed by atoms with Crippen LogP contribution in [0.4, 0.5) is 0 Å². The van der Waals surface area contributed by atoms with Crippen LogP contribution in [0.1, 0.15) is 16.3 Å². The molecule has 0 spiro atoms. The fourth-order valence-electron chi connectivity index (χ4n) is 2.76. The molecule has 3 aromatic rings. The molecule has 2 aromatic heterocycles. The van der Waals surface area contributed by atoms with E-state index in [1.807, 2.05) is 24.3 Å². The van der Waals surface area contributed by atoms with Crippen molar-refractivity contribution in [3.63, 3.8) is 0 Å². The van der Waals surface area contributed by atoms with Gasteiger partial charge >= 0.3 is 5.63 Å². The third-order valence-corrected chi connectivity index (χ3v) is 3.94. The lowest BCUT2D eigenvalue weighted by Gasteiger charge is -2.38. The van der Waals surface area contributed by atoms with Crippen molar-refractivity contribution < 1.29 is 18.4 Å². The van der Waals surface area contributed by atoms with Gasteiger partial charge in [-0.25, -0.2) is 4.79 Å². The van der Waals surface area contributed by atoms with Crippen molar-refractivity contribution in [2.45, 2.75) is 13.0 Å². The quantitative estimate of drug-likeness (QED) is 0.740. The van der Waals surface area contributed by atoms with Crippen LogP contribution in [-0.2, 0) is 0 Å². The van der Waals surface area contributed by atoms with Gasteiger partial charge < -0.3 is 18.5 Å². The highest BCUT2D eigenvalue weighted by Crippen LogP contribution is 2.23. The average Bonchev–Trinajstić information content (AvgIpc) is 2.93. The second-order valence-corrected chi connectivity index (χ2v) is 5.82. The van der Waals surface area contributed by atoms with Crippen LogP contribution in [0.25, 0.3) is 11.0 Å². The molecule has 0 radical (unpaired) electrons. The zero-order valence-corrected chi connectivity index (χ0v) is 13.0. The van der Waals surface area contributed by atoms with Crippen LogP contribution >= 0.6 is 0 Å². The maximum Gasteiger partial charge on any atom is 0.339 e. The summed E-state index contributed by atoms with van der Waals surface area (Å²) in [7, 11) is 0. The van der Waals surface area contributed by atoms with Gasteiger partial charge in [-0.15, -0.1) is 0 Å². The van der Waals surface area contributed by atoms with E-state index in [1.165, 1.54) is 6.07 Å². The Balaban J connectivity index is 1.41. The minimum absolute atomic E-state index is 0.139. The number of benzene rings is 1. The predicted molar refractivity (Wildman–Crippen MR) is 86.2 cm³/mol. The van der Waals surface area contributed by atoms with Crippen LogP contribution in [0.15, 0.2) is 56.1 Å². The van der Waals surface area contributed by atoms with Crippen molar-refractivity contribution in [3.05, 3.63) is 64.4 Å². The highest BCUT2D eigenvalue weighted by molar-refractivity contribution is 5.96. The molecule has 122 valence electrons. The van der Waals surface area contributed by atoms with E-state index in [2.05, 4.69) is 0 Å². The summed E-state index contributed by atoms with van der Waals surface area (Å²) >= 11 is 0. The van der Waals surface area contributed by atoms with Gasteiger partial charge in [0.25, 0.3) is 5.91 Å². The molecular weight excluding hydrogens is 310 g/mol. The van der Waals surface area contributed by atoms with Gasteiger partial charge in [0, 0.05) is 11.5 Å². The summed E-state index contributed by atoms with van der Waals surface area (Å²) in [5, 5.41) is 0.903. The highest BCUT2D eigenvalue weighted by atomic mass is 16.5. The van der Waals surface area contributed by atoms with Crippen LogP contribution in [0.5, 0.6) is 5.75 Å². The van der Waals surface area contributed by atoms with Crippen LogP contribution in [0.2, 0.25) is 0 Å². The van der Waals surface area contributed by atoms with Crippen molar-refractivity contribution in [2.75, 3.05) is 13.1 Å². The van der Waals surface area contributed by atoms with Gasteiger partial charge in [-0.3, -0.25) is 4.79 Å². The van der Waals surface area contributed by atoms with Crippen molar-refractivity contribution in [1.29, 1.82) is 0 Å². The molecule has 3 heterocycles. The normalized spacial score (nSPS) is 14.6. The number of amides is 1. The predicted octanol–water partition coefficient (Wildman–Crippen LogP) is 2.60. The summed E-state index contributed by atoms with van der Waals surface area (Å²) in [6.45, 7) is 2.59. The lowest BCUT2D eigenvalue weighted by Crippen LogP contribution is -2.56. The zero-order chi connectivity index (χ0) is 16.7. The van der Waals surface area contributed by atoms with Gasteiger partial charge in [0.2, 0.25) is 0 Å². The van der Waals surface area contributed by atoms with Gasteiger partial charge in [-0.2, -0.15) is 0 Å². The van der Waals surface area contributed by atoms with Gasteiger partial charge in [-0.05, 0) is 19.1 Å². The standard InChI is InChI=1S/C18H15NO5/c1-11-6-13(8-17(20)22-11)23-14-9-19(10-14)18(21)16-7-12-4-2-3-5-15(12)24-16/h2-8,14H,9-10H2,1H3. The number of hydrogen-bond acceptors (Lipinski definition) is 5. The molecule has 1 aliphatic heterocycles. The molecule has 1 aromatic carbocycles. The van der Waals surface area contributed by atoms with E-state index in [1.54, 1.807) is 24.0 Å². The minimum Gasteiger partial charge on any atom is -0.486 e. The van der Waals surface area contributed by atoms with Gasteiger partial charge in [0.05, 0.1) is 19.2 Å². The fraction of sp³-hybridized carbons (Fsp3) is 0.222. The molecule has 0 bridgehead atoms. The summed E-state index contributed by atoms with van der Waals surface area (Å²) in [5.74, 6) is 1.12. The highest BCUT2D eigenvalue weighted by Gasteiger charge is 2.34. The summed E-state index contributed by atoms with van der Waals surface area (Å²) in [4.78, 5) is 25.4. The summed E-state index contributed by atoms with van der Waals surface area (Å²) in [6, 6.07) is 12.2. The van der Waals surface area contributed by atoms with Crippen molar-refractivity contribution >= 4 is 16.9 Å². The molecule has 1 fully saturated rings. The molecule has 0 aliphatic carbocycles. The molecule has 6 heteroatoms. The largest absolute Gasteiger partial charge is 0.486 e. The summed E-state index contributed by atoms with van der Waals surface area (Å²) in [6.07, 6.45) is -0.139. The van der Waals surface area contributed by atoms with E-state index in [4.69, 9.17) is 13.6 Å². The number of fused-ring (bicyclic) bond motifs is 1. The third-order valence-electron chi connectivity index (χ3n) is 3.94. The number of furan rings is 1. The first-order valence-electron chi connectivity index (χ1n) is 7.65. The third kappa shape index (κ3) is 2.67. The number of carbonyl (C=O) groups is 1. The Morgan fingerprint density at radius 3 is 2.71 bits per heavy atom. The summed E-state index contributed by atoms with van der Waals surface area (Å²) in [5.41, 5.74) is 0.250. The topological polar surface area (TPSA) is 72.9 Å². The smallest absolute Gasteiger partial charge is 0.339 e.